The van der Waals surface area contributed by atoms with E-state index in [9.17, 15) is 9.90 Å². The highest BCUT2D eigenvalue weighted by Gasteiger charge is 2.51. The van der Waals surface area contributed by atoms with Crippen LogP contribution in [0, 0.1) is 31.1 Å². The summed E-state index contributed by atoms with van der Waals surface area (Å²) in [7, 11) is 0. The van der Waals surface area contributed by atoms with Crippen molar-refractivity contribution in [2.75, 3.05) is 6.54 Å². The van der Waals surface area contributed by atoms with Gasteiger partial charge in [0.2, 0.25) is 5.60 Å². The number of ether oxygens (including phenoxy) is 2. The minimum Gasteiger partial charge on any atom is -0.459 e. The number of rotatable bonds is 5. The summed E-state index contributed by atoms with van der Waals surface area (Å²) >= 11 is 0. The van der Waals surface area contributed by atoms with E-state index >= 15 is 0 Å². The van der Waals surface area contributed by atoms with Crippen LogP contribution in [-0.4, -0.2) is 28.9 Å². The van der Waals surface area contributed by atoms with E-state index in [1.165, 1.54) is 0 Å². The van der Waals surface area contributed by atoms with Crippen LogP contribution in [0.25, 0.3) is 11.3 Å². The topological polar surface area (TPSA) is 109 Å². The third kappa shape index (κ3) is 6.04. The van der Waals surface area contributed by atoms with E-state index in [1.807, 2.05) is 57.2 Å². The number of hydrogen-bond acceptors (Lipinski definition) is 6. The summed E-state index contributed by atoms with van der Waals surface area (Å²) in [5, 5.41) is 15.4. The standard InChI is InChI=1S/C22H21NO4.C10H9NO.C2H6/c1-2-14-13-20(15(14)11-12-23)27-21(24)22(25)16-7-3-5-9-18(16)26-19-10-6-4-8-17(19)22;1-8-7-10(12-11-8)9-5-3-2-4-6-9;1-2/h1,3-10,14-15,20,25H,11-13,23H2;2-7H,1H3;1-2H3/p+1. The van der Waals surface area contributed by atoms with E-state index in [0.717, 1.165) is 30.0 Å². The van der Waals surface area contributed by atoms with Gasteiger partial charge in [-0.25, -0.2) is 4.79 Å². The van der Waals surface area contributed by atoms with Crippen LogP contribution in [0.15, 0.2) is 89.5 Å². The molecule has 3 unspecified atom stereocenters. The molecule has 0 bridgehead atoms. The second-order valence-corrected chi connectivity index (χ2v) is 9.76. The van der Waals surface area contributed by atoms with Crippen molar-refractivity contribution in [2.45, 2.75) is 45.3 Å². The van der Waals surface area contributed by atoms with Gasteiger partial charge >= 0.3 is 5.97 Å². The van der Waals surface area contributed by atoms with Crippen LogP contribution in [-0.2, 0) is 15.1 Å². The van der Waals surface area contributed by atoms with Gasteiger partial charge in [-0.15, -0.1) is 12.3 Å². The molecule has 3 atom stereocenters. The summed E-state index contributed by atoms with van der Waals surface area (Å²) < 4.78 is 16.7. The maximum absolute atomic E-state index is 13.2. The molecule has 6 rings (SSSR count). The SMILES string of the molecule is C#CC1CC(OC(=O)C2(O)c3ccccc3Oc3ccccc32)C1CC[NH3+].CC.Cc1cc(-c2ccccc2)on1. The first-order valence-electron chi connectivity index (χ1n) is 14.0. The lowest BCUT2D eigenvalue weighted by atomic mass is 9.69. The Morgan fingerprint density at radius 2 is 1.63 bits per heavy atom. The molecule has 0 amide bonds. The summed E-state index contributed by atoms with van der Waals surface area (Å²) in [4.78, 5) is 13.2. The largest absolute Gasteiger partial charge is 0.459 e. The number of carbonyl (C=O) groups is 1. The molecule has 1 saturated carbocycles. The van der Waals surface area contributed by atoms with Gasteiger partial charge in [-0.1, -0.05) is 85.7 Å². The molecule has 1 aliphatic heterocycles. The van der Waals surface area contributed by atoms with Crippen molar-refractivity contribution in [1.82, 2.24) is 5.16 Å². The number of aliphatic hydroxyl groups is 1. The van der Waals surface area contributed by atoms with E-state index in [1.54, 1.807) is 48.5 Å². The van der Waals surface area contributed by atoms with Crippen molar-refractivity contribution < 1.29 is 29.6 Å². The molecule has 7 heteroatoms. The van der Waals surface area contributed by atoms with E-state index in [2.05, 4.69) is 16.8 Å². The number of nitrogens with zero attached hydrogens (tertiary/aromatic N) is 1. The van der Waals surface area contributed by atoms with Crippen molar-refractivity contribution in [1.29, 1.82) is 0 Å². The number of para-hydroxylation sites is 2. The van der Waals surface area contributed by atoms with Gasteiger partial charge in [-0.05, 0) is 25.5 Å². The van der Waals surface area contributed by atoms with Crippen LogP contribution in [0.4, 0.5) is 0 Å². The zero-order valence-corrected chi connectivity index (χ0v) is 23.7. The highest BCUT2D eigenvalue weighted by molar-refractivity contribution is 5.88. The van der Waals surface area contributed by atoms with Crippen LogP contribution in [0.2, 0.25) is 0 Å². The van der Waals surface area contributed by atoms with Gasteiger partial charge in [0.1, 0.15) is 17.6 Å². The fraction of sp³-hybridized carbons (Fsp3) is 0.294. The molecule has 1 aromatic heterocycles. The highest BCUT2D eigenvalue weighted by Crippen LogP contribution is 2.48. The lowest BCUT2D eigenvalue weighted by Gasteiger charge is -2.43. The monoisotopic (exact) mass is 553 g/mol. The summed E-state index contributed by atoms with van der Waals surface area (Å²) in [6.07, 6.45) is 6.67. The normalized spacial score (nSPS) is 19.2. The number of benzene rings is 3. The molecular formula is C34H37N2O5+. The second-order valence-electron chi connectivity index (χ2n) is 9.76. The van der Waals surface area contributed by atoms with Crippen molar-refractivity contribution in [3.63, 3.8) is 0 Å². The van der Waals surface area contributed by atoms with Gasteiger partial charge in [-0.2, -0.15) is 0 Å². The van der Waals surface area contributed by atoms with Crippen molar-refractivity contribution >= 4 is 5.97 Å². The third-order valence-corrected chi connectivity index (χ3v) is 7.25. The predicted octanol–water partition coefficient (Wildman–Crippen LogP) is 5.52. The van der Waals surface area contributed by atoms with Gasteiger partial charge in [-0.3, -0.25) is 0 Å². The molecular weight excluding hydrogens is 516 g/mol. The van der Waals surface area contributed by atoms with Gasteiger partial charge in [0, 0.05) is 41.0 Å². The number of fused-ring (bicyclic) bond motifs is 2. The molecule has 41 heavy (non-hydrogen) atoms. The second kappa shape index (κ2) is 13.3. The maximum atomic E-state index is 13.2. The predicted molar refractivity (Wildman–Crippen MR) is 157 cm³/mol. The number of carbonyl (C=O) groups excluding carboxylic acids is 1. The average Bonchev–Trinajstić information content (AvgIpc) is 3.46. The smallest absolute Gasteiger partial charge is 0.348 e. The quantitative estimate of drug-likeness (QED) is 0.249. The Hall–Kier alpha value is -4.38. The van der Waals surface area contributed by atoms with Gasteiger partial charge < -0.3 is 24.8 Å². The molecule has 4 aromatic rings. The zero-order chi connectivity index (χ0) is 29.4. The van der Waals surface area contributed by atoms with E-state index in [4.69, 9.17) is 20.4 Å². The van der Waals surface area contributed by atoms with Crippen LogP contribution >= 0.6 is 0 Å². The Labute approximate surface area is 241 Å². The maximum Gasteiger partial charge on any atom is 0.348 e. The Bertz CT molecular complexity index is 1440. The minimum absolute atomic E-state index is 0.0883. The molecule has 212 valence electrons. The van der Waals surface area contributed by atoms with Crippen molar-refractivity contribution in [2.24, 2.45) is 11.8 Å². The van der Waals surface area contributed by atoms with Crippen LogP contribution in [0.3, 0.4) is 0 Å². The van der Waals surface area contributed by atoms with Gasteiger partial charge in [0.15, 0.2) is 5.76 Å². The van der Waals surface area contributed by atoms with Crippen LogP contribution in [0.1, 0.15) is 43.5 Å². The molecule has 2 heterocycles. The fourth-order valence-corrected chi connectivity index (χ4v) is 5.13. The van der Waals surface area contributed by atoms with Crippen molar-refractivity contribution in [3.05, 3.63) is 102 Å². The number of hydrogen-bond donors (Lipinski definition) is 2. The van der Waals surface area contributed by atoms with Gasteiger partial charge in [0.25, 0.3) is 0 Å². The number of terminal acetylenes is 1. The zero-order valence-electron chi connectivity index (χ0n) is 23.7. The number of aromatic nitrogens is 1. The minimum atomic E-state index is -1.91. The molecule has 7 nitrogen and oxygen atoms in total. The molecule has 0 saturated heterocycles. The Kier molecular flexibility index (Phi) is 9.61. The van der Waals surface area contributed by atoms with Gasteiger partial charge in [0.05, 0.1) is 12.2 Å². The third-order valence-electron chi connectivity index (χ3n) is 7.25. The number of aryl methyl sites for hydroxylation is 1. The fourth-order valence-electron chi connectivity index (χ4n) is 5.13. The molecule has 0 spiro atoms. The average molecular weight is 554 g/mol. The van der Waals surface area contributed by atoms with Crippen LogP contribution < -0.4 is 10.5 Å². The molecule has 1 aliphatic carbocycles. The Balaban J connectivity index is 0.000000230. The van der Waals surface area contributed by atoms with E-state index in [0.29, 0.717) is 29.0 Å². The lowest BCUT2D eigenvalue weighted by Crippen LogP contribution is -2.55. The number of esters is 1. The first-order valence-corrected chi connectivity index (χ1v) is 14.0. The van der Waals surface area contributed by atoms with E-state index < -0.39 is 11.6 Å². The summed E-state index contributed by atoms with van der Waals surface area (Å²) in [5.74, 6) is 3.96. The first-order chi connectivity index (χ1) is 20.0. The summed E-state index contributed by atoms with van der Waals surface area (Å²) in [6.45, 7) is 6.64. The molecule has 0 radical (unpaired) electrons. The Morgan fingerprint density at radius 3 is 2.17 bits per heavy atom. The van der Waals surface area contributed by atoms with E-state index in [-0.39, 0.29) is 17.9 Å². The first kappa shape index (κ1) is 29.6. The lowest BCUT2D eigenvalue weighted by molar-refractivity contribution is -0.372. The number of quaternary nitrogens is 1. The molecule has 3 aromatic carbocycles. The summed E-state index contributed by atoms with van der Waals surface area (Å²) in [6, 6.07) is 25.8. The highest BCUT2D eigenvalue weighted by atomic mass is 16.6. The molecule has 2 aliphatic rings. The molecule has 4 N–H and O–H groups in total. The van der Waals surface area contributed by atoms with Crippen LogP contribution in [0.5, 0.6) is 11.5 Å². The Morgan fingerprint density at radius 1 is 1.05 bits per heavy atom. The summed E-state index contributed by atoms with van der Waals surface area (Å²) in [5.41, 5.74) is 4.71. The van der Waals surface area contributed by atoms with Crippen molar-refractivity contribution in [3.8, 4) is 35.2 Å². The molecule has 1 fully saturated rings.